The molecule has 0 spiro atoms. The lowest BCUT2D eigenvalue weighted by Crippen LogP contribution is -2.31. The van der Waals surface area contributed by atoms with Crippen LogP contribution in [0.5, 0.6) is 17.2 Å². The number of hydrogen-bond acceptors (Lipinski definition) is 5. The molecule has 0 aliphatic carbocycles. The van der Waals surface area contributed by atoms with Crippen molar-refractivity contribution in [3.05, 3.63) is 47.8 Å². The normalized spacial score (nSPS) is 16.6. The number of ether oxygens (including phenoxy) is 3. The molecule has 2 aromatic rings. The van der Waals surface area contributed by atoms with Crippen molar-refractivity contribution >= 4 is 5.91 Å². The van der Waals surface area contributed by atoms with Gasteiger partial charge in [0.15, 0.2) is 11.5 Å². The summed E-state index contributed by atoms with van der Waals surface area (Å²) >= 11 is 0. The van der Waals surface area contributed by atoms with Gasteiger partial charge in [0.1, 0.15) is 0 Å². The maximum absolute atomic E-state index is 13.1. The first-order chi connectivity index (χ1) is 12.2. The van der Waals surface area contributed by atoms with E-state index >= 15 is 0 Å². The molecule has 6 heteroatoms. The fourth-order valence-electron chi connectivity index (χ4n) is 3.26. The van der Waals surface area contributed by atoms with Gasteiger partial charge >= 0.3 is 0 Å². The maximum atomic E-state index is 13.1. The predicted octanol–water partition coefficient (Wildman–Crippen LogP) is 3.08. The minimum absolute atomic E-state index is 0.00667. The Balaban J connectivity index is 1.95. The van der Waals surface area contributed by atoms with Crippen LogP contribution in [0.1, 0.15) is 34.9 Å². The predicted molar refractivity (Wildman–Crippen MR) is 93.3 cm³/mol. The first-order valence-corrected chi connectivity index (χ1v) is 8.21. The van der Waals surface area contributed by atoms with E-state index in [0.717, 1.165) is 18.5 Å². The van der Waals surface area contributed by atoms with Gasteiger partial charge in [-0.05, 0) is 37.1 Å². The smallest absolute Gasteiger partial charge is 0.254 e. The molecule has 1 amide bonds. The van der Waals surface area contributed by atoms with E-state index in [1.165, 1.54) is 14.2 Å². The van der Waals surface area contributed by atoms with Gasteiger partial charge in [-0.2, -0.15) is 0 Å². The highest BCUT2D eigenvalue weighted by Crippen LogP contribution is 2.40. The van der Waals surface area contributed by atoms with Crippen molar-refractivity contribution in [3.63, 3.8) is 0 Å². The van der Waals surface area contributed by atoms with Gasteiger partial charge in [-0.15, -0.1) is 0 Å². The average molecular weight is 342 g/mol. The molecule has 0 unspecified atom stereocenters. The van der Waals surface area contributed by atoms with Crippen molar-refractivity contribution < 1.29 is 19.0 Å². The van der Waals surface area contributed by atoms with E-state index in [2.05, 4.69) is 4.98 Å². The largest absolute Gasteiger partial charge is 0.493 e. The molecule has 0 bridgehead atoms. The maximum Gasteiger partial charge on any atom is 0.254 e. The first kappa shape index (κ1) is 17.1. The summed E-state index contributed by atoms with van der Waals surface area (Å²) in [6.07, 6.45) is 3.63. The Morgan fingerprint density at radius 3 is 2.40 bits per heavy atom. The van der Waals surface area contributed by atoms with Crippen LogP contribution in [-0.2, 0) is 0 Å². The number of pyridine rings is 1. The summed E-state index contributed by atoms with van der Waals surface area (Å²) in [5.41, 5.74) is 1.43. The van der Waals surface area contributed by atoms with Crippen LogP contribution in [0.4, 0.5) is 0 Å². The third-order valence-electron chi connectivity index (χ3n) is 4.45. The lowest BCUT2D eigenvalue weighted by molar-refractivity contribution is 0.0732. The van der Waals surface area contributed by atoms with Gasteiger partial charge in [-0.25, -0.2) is 0 Å². The van der Waals surface area contributed by atoms with E-state index in [9.17, 15) is 4.79 Å². The van der Waals surface area contributed by atoms with E-state index in [4.69, 9.17) is 14.2 Å². The van der Waals surface area contributed by atoms with Crippen molar-refractivity contribution in [2.75, 3.05) is 27.9 Å². The zero-order chi connectivity index (χ0) is 17.8. The molecule has 1 fully saturated rings. The molecule has 1 saturated heterocycles. The van der Waals surface area contributed by atoms with Crippen LogP contribution in [0, 0.1) is 0 Å². The van der Waals surface area contributed by atoms with Crippen LogP contribution in [-0.4, -0.2) is 43.7 Å². The third kappa shape index (κ3) is 3.24. The summed E-state index contributed by atoms with van der Waals surface area (Å²) < 4.78 is 16.0. The molecular weight excluding hydrogens is 320 g/mol. The highest BCUT2D eigenvalue weighted by Gasteiger charge is 2.32. The number of benzene rings is 1. The molecule has 1 aliphatic rings. The molecule has 0 radical (unpaired) electrons. The Labute approximate surface area is 147 Å². The highest BCUT2D eigenvalue weighted by molar-refractivity contribution is 5.96. The van der Waals surface area contributed by atoms with E-state index < -0.39 is 0 Å². The second-order valence-electron chi connectivity index (χ2n) is 5.83. The number of nitrogens with zero attached hydrogens (tertiary/aromatic N) is 2. The van der Waals surface area contributed by atoms with Crippen LogP contribution < -0.4 is 14.2 Å². The van der Waals surface area contributed by atoms with Crippen molar-refractivity contribution in [2.45, 2.75) is 18.9 Å². The van der Waals surface area contributed by atoms with E-state index in [-0.39, 0.29) is 11.9 Å². The van der Waals surface area contributed by atoms with Gasteiger partial charge in [-0.3, -0.25) is 9.78 Å². The monoisotopic (exact) mass is 342 g/mol. The molecular formula is C19H22N2O4. The van der Waals surface area contributed by atoms with Crippen LogP contribution in [0.2, 0.25) is 0 Å². The van der Waals surface area contributed by atoms with Crippen molar-refractivity contribution in [3.8, 4) is 17.2 Å². The SMILES string of the molecule is COc1cc(C(=O)N2CCC[C@H]2c2ccccn2)cc(OC)c1OC. The van der Waals surface area contributed by atoms with Gasteiger partial charge in [0.05, 0.1) is 33.1 Å². The highest BCUT2D eigenvalue weighted by atomic mass is 16.5. The van der Waals surface area contributed by atoms with Crippen LogP contribution in [0.25, 0.3) is 0 Å². The van der Waals surface area contributed by atoms with Crippen molar-refractivity contribution in [1.82, 2.24) is 9.88 Å². The molecule has 1 aromatic heterocycles. The number of hydrogen-bond donors (Lipinski definition) is 0. The number of methoxy groups -OCH3 is 3. The van der Waals surface area contributed by atoms with E-state index in [1.54, 1.807) is 25.4 Å². The summed E-state index contributed by atoms with van der Waals surface area (Å²) in [7, 11) is 4.62. The standard InChI is InChI=1S/C19H22N2O4/c1-23-16-11-13(12-17(24-2)18(16)25-3)19(22)21-10-6-8-15(21)14-7-4-5-9-20-14/h4-5,7,9,11-12,15H,6,8,10H2,1-3H3/t15-/m0/s1. The fourth-order valence-corrected chi connectivity index (χ4v) is 3.26. The Morgan fingerprint density at radius 1 is 1.12 bits per heavy atom. The summed E-state index contributed by atoms with van der Waals surface area (Å²) in [5, 5.41) is 0. The molecule has 0 N–H and O–H groups in total. The summed E-state index contributed by atoms with van der Waals surface area (Å²) in [6.45, 7) is 0.705. The van der Waals surface area contributed by atoms with Crippen LogP contribution in [0.3, 0.4) is 0 Å². The van der Waals surface area contributed by atoms with Gasteiger partial charge in [0.25, 0.3) is 5.91 Å². The van der Waals surface area contributed by atoms with Gasteiger partial charge in [-0.1, -0.05) is 6.07 Å². The van der Waals surface area contributed by atoms with Crippen LogP contribution in [0.15, 0.2) is 36.5 Å². The quantitative estimate of drug-likeness (QED) is 0.836. The molecule has 1 aromatic carbocycles. The molecule has 3 rings (SSSR count). The molecule has 1 atom stereocenters. The van der Waals surface area contributed by atoms with Crippen molar-refractivity contribution in [1.29, 1.82) is 0 Å². The molecule has 6 nitrogen and oxygen atoms in total. The topological polar surface area (TPSA) is 60.9 Å². The second kappa shape index (κ2) is 7.42. The number of aromatic nitrogens is 1. The number of likely N-dealkylation sites (tertiary alicyclic amines) is 1. The first-order valence-electron chi connectivity index (χ1n) is 8.21. The Kier molecular flexibility index (Phi) is 5.07. The number of carbonyl (C=O) groups is 1. The zero-order valence-corrected chi connectivity index (χ0v) is 14.7. The van der Waals surface area contributed by atoms with E-state index in [1.807, 2.05) is 23.1 Å². The molecule has 0 saturated carbocycles. The minimum atomic E-state index is -0.0626. The lowest BCUT2D eigenvalue weighted by atomic mass is 10.1. The fraction of sp³-hybridized carbons (Fsp3) is 0.368. The van der Waals surface area contributed by atoms with Crippen molar-refractivity contribution in [2.24, 2.45) is 0 Å². The second-order valence-corrected chi connectivity index (χ2v) is 5.83. The summed E-state index contributed by atoms with van der Waals surface area (Å²) in [5.74, 6) is 1.36. The zero-order valence-electron chi connectivity index (χ0n) is 14.7. The molecule has 132 valence electrons. The van der Waals surface area contributed by atoms with Gasteiger partial charge < -0.3 is 19.1 Å². The number of carbonyl (C=O) groups excluding carboxylic acids is 1. The molecule has 1 aliphatic heterocycles. The average Bonchev–Trinajstić information content (AvgIpc) is 3.16. The third-order valence-corrected chi connectivity index (χ3v) is 4.45. The Bertz CT molecular complexity index is 723. The molecule has 25 heavy (non-hydrogen) atoms. The Hall–Kier alpha value is -2.76. The number of amides is 1. The molecule has 2 heterocycles. The van der Waals surface area contributed by atoms with Gasteiger partial charge in [0, 0.05) is 18.3 Å². The summed E-state index contributed by atoms with van der Waals surface area (Å²) in [6, 6.07) is 9.17. The van der Waals surface area contributed by atoms with Crippen LogP contribution >= 0.6 is 0 Å². The number of rotatable bonds is 5. The Morgan fingerprint density at radius 2 is 1.84 bits per heavy atom. The van der Waals surface area contributed by atoms with E-state index in [0.29, 0.717) is 29.4 Å². The van der Waals surface area contributed by atoms with Gasteiger partial charge in [0.2, 0.25) is 5.75 Å². The minimum Gasteiger partial charge on any atom is -0.493 e. The summed E-state index contributed by atoms with van der Waals surface area (Å²) in [4.78, 5) is 19.4. The lowest BCUT2D eigenvalue weighted by Gasteiger charge is -2.25.